The summed E-state index contributed by atoms with van der Waals surface area (Å²) in [6, 6.07) is 3.80. The number of nitrogens with zero attached hydrogens (tertiary/aromatic N) is 2. The highest BCUT2D eigenvalue weighted by Gasteiger charge is 2.33. The maximum atomic E-state index is 6.18. The van der Waals surface area contributed by atoms with E-state index in [0.29, 0.717) is 0 Å². The molecule has 16 heavy (non-hydrogen) atoms. The van der Waals surface area contributed by atoms with Crippen LogP contribution in [-0.2, 0) is 0 Å². The van der Waals surface area contributed by atoms with Gasteiger partial charge in [0.2, 0.25) is 0 Å². The SMILES string of the molecule is Clc1cccnc1N1CCC2CNCC2C1. The number of aromatic nitrogens is 1. The third-order valence-corrected chi connectivity index (χ3v) is 4.04. The van der Waals surface area contributed by atoms with E-state index < -0.39 is 0 Å². The van der Waals surface area contributed by atoms with E-state index in [4.69, 9.17) is 11.6 Å². The molecule has 3 rings (SSSR count). The zero-order valence-electron chi connectivity index (χ0n) is 9.19. The predicted molar refractivity (Wildman–Crippen MR) is 65.9 cm³/mol. The summed E-state index contributed by atoms with van der Waals surface area (Å²) in [5, 5.41) is 4.24. The number of pyridine rings is 1. The predicted octanol–water partition coefficient (Wildman–Crippen LogP) is 1.78. The molecule has 2 aliphatic rings. The molecule has 0 aromatic carbocycles. The Labute approximate surface area is 101 Å². The first-order chi connectivity index (χ1) is 7.84. The molecule has 1 aromatic heterocycles. The van der Waals surface area contributed by atoms with Gasteiger partial charge in [-0.2, -0.15) is 0 Å². The van der Waals surface area contributed by atoms with E-state index in [-0.39, 0.29) is 0 Å². The number of halogens is 1. The van der Waals surface area contributed by atoms with Crippen molar-refractivity contribution in [1.82, 2.24) is 10.3 Å². The molecule has 2 saturated heterocycles. The third kappa shape index (κ3) is 1.78. The van der Waals surface area contributed by atoms with Crippen LogP contribution in [0.4, 0.5) is 5.82 Å². The van der Waals surface area contributed by atoms with Crippen LogP contribution in [0.3, 0.4) is 0 Å². The Morgan fingerprint density at radius 1 is 1.38 bits per heavy atom. The first-order valence-corrected chi connectivity index (χ1v) is 6.28. The molecule has 2 aliphatic heterocycles. The second kappa shape index (κ2) is 4.22. The summed E-state index contributed by atoms with van der Waals surface area (Å²) < 4.78 is 0. The monoisotopic (exact) mass is 237 g/mol. The van der Waals surface area contributed by atoms with Gasteiger partial charge in [0.1, 0.15) is 5.82 Å². The average molecular weight is 238 g/mol. The van der Waals surface area contributed by atoms with E-state index in [0.717, 1.165) is 42.3 Å². The van der Waals surface area contributed by atoms with Gasteiger partial charge in [-0.3, -0.25) is 0 Å². The molecule has 3 heterocycles. The number of piperidine rings is 1. The van der Waals surface area contributed by atoms with Crippen LogP contribution in [-0.4, -0.2) is 31.2 Å². The lowest BCUT2D eigenvalue weighted by Gasteiger charge is -2.35. The van der Waals surface area contributed by atoms with E-state index in [2.05, 4.69) is 15.2 Å². The van der Waals surface area contributed by atoms with Gasteiger partial charge in [0.25, 0.3) is 0 Å². The van der Waals surface area contributed by atoms with E-state index in [1.807, 2.05) is 18.3 Å². The van der Waals surface area contributed by atoms with Crippen molar-refractivity contribution in [1.29, 1.82) is 0 Å². The van der Waals surface area contributed by atoms with Gasteiger partial charge in [-0.25, -0.2) is 4.98 Å². The van der Waals surface area contributed by atoms with Crippen LogP contribution >= 0.6 is 11.6 Å². The Hall–Kier alpha value is -0.800. The number of nitrogens with one attached hydrogen (secondary N) is 1. The Morgan fingerprint density at radius 2 is 2.25 bits per heavy atom. The standard InChI is InChI=1S/C12H16ClN3/c13-11-2-1-4-15-12(11)16-5-3-9-6-14-7-10(9)8-16/h1-2,4,9-10,14H,3,5-8H2. The van der Waals surface area contributed by atoms with Crippen LogP contribution in [0.2, 0.25) is 5.02 Å². The van der Waals surface area contributed by atoms with Crippen molar-refractivity contribution in [3.8, 4) is 0 Å². The zero-order valence-corrected chi connectivity index (χ0v) is 9.95. The van der Waals surface area contributed by atoms with Crippen molar-refractivity contribution in [2.45, 2.75) is 6.42 Å². The van der Waals surface area contributed by atoms with Crippen LogP contribution in [0.5, 0.6) is 0 Å². The van der Waals surface area contributed by atoms with Gasteiger partial charge in [-0.1, -0.05) is 11.6 Å². The van der Waals surface area contributed by atoms with Crippen molar-refractivity contribution in [3.63, 3.8) is 0 Å². The molecule has 3 nitrogen and oxygen atoms in total. The summed E-state index contributed by atoms with van der Waals surface area (Å²) in [7, 11) is 0. The minimum absolute atomic E-state index is 0.770. The van der Waals surface area contributed by atoms with Crippen molar-refractivity contribution in [2.75, 3.05) is 31.1 Å². The van der Waals surface area contributed by atoms with Crippen LogP contribution in [0, 0.1) is 11.8 Å². The van der Waals surface area contributed by atoms with Crippen LogP contribution in [0.25, 0.3) is 0 Å². The maximum Gasteiger partial charge on any atom is 0.147 e. The smallest absolute Gasteiger partial charge is 0.147 e. The summed E-state index contributed by atoms with van der Waals surface area (Å²) in [5.41, 5.74) is 0. The highest BCUT2D eigenvalue weighted by Crippen LogP contribution is 2.31. The lowest BCUT2D eigenvalue weighted by atomic mass is 9.89. The molecule has 86 valence electrons. The van der Waals surface area contributed by atoms with E-state index >= 15 is 0 Å². The van der Waals surface area contributed by atoms with Crippen molar-refractivity contribution in [2.24, 2.45) is 11.8 Å². The van der Waals surface area contributed by atoms with Gasteiger partial charge in [0, 0.05) is 19.3 Å². The molecule has 0 spiro atoms. The topological polar surface area (TPSA) is 28.2 Å². The molecule has 0 bridgehead atoms. The summed E-state index contributed by atoms with van der Waals surface area (Å²) in [6.45, 7) is 4.51. The quantitative estimate of drug-likeness (QED) is 0.807. The van der Waals surface area contributed by atoms with Gasteiger partial charge in [0.05, 0.1) is 5.02 Å². The van der Waals surface area contributed by atoms with Crippen LogP contribution in [0.15, 0.2) is 18.3 Å². The Kier molecular flexibility index (Phi) is 2.74. The lowest BCUT2D eigenvalue weighted by molar-refractivity contribution is 0.347. The molecule has 0 amide bonds. The summed E-state index contributed by atoms with van der Waals surface area (Å²) >= 11 is 6.18. The number of hydrogen-bond acceptors (Lipinski definition) is 3. The fraction of sp³-hybridized carbons (Fsp3) is 0.583. The normalized spacial score (nSPS) is 29.2. The largest absolute Gasteiger partial charge is 0.355 e. The van der Waals surface area contributed by atoms with Gasteiger partial charge < -0.3 is 10.2 Å². The van der Waals surface area contributed by atoms with Crippen molar-refractivity contribution in [3.05, 3.63) is 23.4 Å². The minimum Gasteiger partial charge on any atom is -0.355 e. The summed E-state index contributed by atoms with van der Waals surface area (Å²) in [6.07, 6.45) is 3.07. The van der Waals surface area contributed by atoms with Crippen LogP contribution < -0.4 is 10.2 Å². The number of anilines is 1. The number of rotatable bonds is 1. The first kappa shape index (κ1) is 10.4. The fourth-order valence-electron chi connectivity index (χ4n) is 2.84. The lowest BCUT2D eigenvalue weighted by Crippen LogP contribution is -2.40. The Morgan fingerprint density at radius 3 is 3.12 bits per heavy atom. The molecule has 1 N–H and O–H groups in total. The molecule has 0 radical (unpaired) electrons. The third-order valence-electron chi connectivity index (χ3n) is 3.74. The van der Waals surface area contributed by atoms with Gasteiger partial charge in [-0.05, 0) is 43.5 Å². The molecular weight excluding hydrogens is 222 g/mol. The van der Waals surface area contributed by atoms with E-state index in [1.165, 1.54) is 13.0 Å². The van der Waals surface area contributed by atoms with E-state index in [9.17, 15) is 0 Å². The molecule has 1 aromatic rings. The number of fused-ring (bicyclic) bond motifs is 1. The first-order valence-electron chi connectivity index (χ1n) is 5.91. The minimum atomic E-state index is 0.770. The molecular formula is C12H16ClN3. The molecule has 0 saturated carbocycles. The van der Waals surface area contributed by atoms with Gasteiger partial charge in [-0.15, -0.1) is 0 Å². The molecule has 2 fully saturated rings. The summed E-state index contributed by atoms with van der Waals surface area (Å²) in [5.74, 6) is 2.58. The van der Waals surface area contributed by atoms with Crippen LogP contribution in [0.1, 0.15) is 6.42 Å². The number of hydrogen-bond donors (Lipinski definition) is 1. The highest BCUT2D eigenvalue weighted by atomic mass is 35.5. The maximum absolute atomic E-state index is 6.18. The Balaban J connectivity index is 1.79. The zero-order chi connectivity index (χ0) is 11.0. The molecule has 0 aliphatic carbocycles. The van der Waals surface area contributed by atoms with Crippen molar-refractivity contribution >= 4 is 17.4 Å². The van der Waals surface area contributed by atoms with E-state index in [1.54, 1.807) is 0 Å². The average Bonchev–Trinajstić information content (AvgIpc) is 2.76. The van der Waals surface area contributed by atoms with Crippen molar-refractivity contribution < 1.29 is 0 Å². The molecule has 2 unspecified atom stereocenters. The Bertz CT molecular complexity index is 382. The second-order valence-corrected chi connectivity index (χ2v) is 5.13. The molecule has 4 heteroatoms. The highest BCUT2D eigenvalue weighted by molar-refractivity contribution is 6.32. The molecule has 2 atom stereocenters. The van der Waals surface area contributed by atoms with Gasteiger partial charge in [0.15, 0.2) is 0 Å². The fourth-order valence-corrected chi connectivity index (χ4v) is 3.08. The summed E-state index contributed by atoms with van der Waals surface area (Å²) in [4.78, 5) is 6.72. The second-order valence-electron chi connectivity index (χ2n) is 4.72. The van der Waals surface area contributed by atoms with Gasteiger partial charge >= 0.3 is 0 Å².